The van der Waals surface area contributed by atoms with Crippen LogP contribution in [0.4, 0.5) is 0 Å². The molecule has 0 aromatic carbocycles. The lowest BCUT2D eigenvalue weighted by atomic mass is 10.0. The molecule has 0 heterocycles. The molecular weight excluding hydrogens is 1270 g/mol. The van der Waals surface area contributed by atoms with Crippen LogP contribution in [0.2, 0.25) is 0 Å². The number of unbranched alkanes of at least 4 members (excludes halogenated alkanes) is 40. The van der Waals surface area contributed by atoms with Gasteiger partial charge in [-0.2, -0.15) is 0 Å². The lowest BCUT2D eigenvalue weighted by Crippen LogP contribution is -2.30. The Labute approximate surface area is 592 Å². The second kappa shape index (κ2) is 72.8. The van der Waals surface area contributed by atoms with E-state index in [0.717, 1.165) is 116 Å². The van der Waals surface area contributed by atoms with Crippen LogP contribution in [-0.4, -0.2) is 95.9 Å². The van der Waals surface area contributed by atoms with Gasteiger partial charge >= 0.3 is 33.6 Å². The van der Waals surface area contributed by atoms with E-state index >= 15 is 0 Å². The SMILES string of the molecule is CCCC/C=C\CCCCCCCC(=O)OC(COC(=O)CCCCCCC/C=C\CCCCCCCC)COP(=O)(O)OCC(O)COP(=O)(O)OCC(O)COC(=O)CCCCCCCCCCCCCCCCCCCCC/C=C\C/C=C\C/C=C\C/C=C\CCCCC. The van der Waals surface area contributed by atoms with Crippen molar-refractivity contribution in [1.82, 2.24) is 0 Å². The molecule has 0 fully saturated rings. The average molecular weight is 1410 g/mol. The average Bonchev–Trinajstić information content (AvgIpc) is 2.01. The van der Waals surface area contributed by atoms with Gasteiger partial charge in [0.05, 0.1) is 26.4 Å². The van der Waals surface area contributed by atoms with Gasteiger partial charge < -0.3 is 34.2 Å². The molecule has 0 bridgehead atoms. The largest absolute Gasteiger partial charge is 0.472 e. The van der Waals surface area contributed by atoms with Crippen molar-refractivity contribution in [2.24, 2.45) is 0 Å². The first-order chi connectivity index (χ1) is 47.2. The fraction of sp³-hybridized carbons (Fsp3) is 0.810. The van der Waals surface area contributed by atoms with Crippen LogP contribution in [0, 0.1) is 0 Å². The zero-order valence-electron chi connectivity index (χ0n) is 61.8. The first-order valence-electron chi connectivity index (χ1n) is 39.2. The molecule has 0 spiro atoms. The summed E-state index contributed by atoms with van der Waals surface area (Å²) in [7, 11) is -9.77. The van der Waals surface area contributed by atoms with Crippen LogP contribution in [0.5, 0.6) is 0 Å². The first-order valence-corrected chi connectivity index (χ1v) is 42.2. The third kappa shape index (κ3) is 74.0. The van der Waals surface area contributed by atoms with Gasteiger partial charge in [-0.25, -0.2) is 9.13 Å². The van der Waals surface area contributed by atoms with Crippen LogP contribution in [0.25, 0.3) is 0 Å². The summed E-state index contributed by atoms with van der Waals surface area (Å²) >= 11 is 0. The second-order valence-electron chi connectivity index (χ2n) is 26.5. The number of carbonyl (C=O) groups excluding carboxylic acids is 3. The second-order valence-corrected chi connectivity index (χ2v) is 29.4. The summed E-state index contributed by atoms with van der Waals surface area (Å²) in [6.07, 6.45) is 80.0. The van der Waals surface area contributed by atoms with Gasteiger partial charge in [0, 0.05) is 19.3 Å². The number of esters is 3. The van der Waals surface area contributed by atoms with E-state index in [9.17, 15) is 43.5 Å². The van der Waals surface area contributed by atoms with Crippen molar-refractivity contribution < 1.29 is 75.8 Å². The van der Waals surface area contributed by atoms with E-state index in [-0.39, 0.29) is 19.3 Å². The Morgan fingerprint density at radius 3 is 0.876 bits per heavy atom. The molecular formula is C79H144O16P2. The Morgan fingerprint density at radius 2 is 0.526 bits per heavy atom. The Morgan fingerprint density at radius 1 is 0.289 bits per heavy atom. The topological polar surface area (TPSA) is 231 Å². The molecule has 0 aliphatic carbocycles. The summed E-state index contributed by atoms with van der Waals surface area (Å²) in [5, 5.41) is 20.6. The number of rotatable bonds is 75. The number of carbonyl (C=O) groups is 3. The van der Waals surface area contributed by atoms with Crippen LogP contribution < -0.4 is 0 Å². The molecule has 0 aromatic rings. The van der Waals surface area contributed by atoms with E-state index in [4.69, 9.17) is 32.3 Å². The molecule has 18 heteroatoms. The van der Waals surface area contributed by atoms with E-state index in [1.807, 2.05) is 0 Å². The molecule has 0 aliphatic heterocycles. The lowest BCUT2D eigenvalue weighted by Gasteiger charge is -2.21. The van der Waals surface area contributed by atoms with E-state index in [0.29, 0.717) is 19.3 Å². The van der Waals surface area contributed by atoms with Gasteiger partial charge in [0.1, 0.15) is 25.4 Å². The number of phosphoric ester groups is 2. The van der Waals surface area contributed by atoms with Crippen LogP contribution in [0.3, 0.4) is 0 Å². The fourth-order valence-electron chi connectivity index (χ4n) is 10.8. The van der Waals surface area contributed by atoms with Crippen molar-refractivity contribution in [3.8, 4) is 0 Å². The molecule has 16 nitrogen and oxygen atoms in total. The number of aliphatic hydroxyl groups is 2. The highest BCUT2D eigenvalue weighted by Crippen LogP contribution is 2.45. The summed E-state index contributed by atoms with van der Waals surface area (Å²) in [5.41, 5.74) is 0. The monoisotopic (exact) mass is 1410 g/mol. The molecule has 4 N–H and O–H groups in total. The zero-order valence-corrected chi connectivity index (χ0v) is 63.5. The minimum absolute atomic E-state index is 0.0957. The minimum Gasteiger partial charge on any atom is -0.463 e. The van der Waals surface area contributed by atoms with Crippen LogP contribution in [0.15, 0.2) is 72.9 Å². The Bertz CT molecular complexity index is 2060. The van der Waals surface area contributed by atoms with Crippen LogP contribution in [0.1, 0.15) is 355 Å². The van der Waals surface area contributed by atoms with E-state index in [1.54, 1.807) is 0 Å². The maximum absolute atomic E-state index is 12.9. The lowest BCUT2D eigenvalue weighted by molar-refractivity contribution is -0.161. The maximum Gasteiger partial charge on any atom is 0.472 e. The van der Waals surface area contributed by atoms with Crippen molar-refractivity contribution in [1.29, 1.82) is 0 Å². The van der Waals surface area contributed by atoms with Crippen LogP contribution in [-0.2, 0) is 55.8 Å². The molecule has 0 saturated carbocycles. The molecule has 0 aromatic heterocycles. The predicted molar refractivity (Wildman–Crippen MR) is 399 cm³/mol. The summed E-state index contributed by atoms with van der Waals surface area (Å²) < 4.78 is 60.9. The predicted octanol–water partition coefficient (Wildman–Crippen LogP) is 22.7. The van der Waals surface area contributed by atoms with Crippen molar-refractivity contribution in [3.63, 3.8) is 0 Å². The maximum atomic E-state index is 12.9. The van der Waals surface area contributed by atoms with Crippen molar-refractivity contribution in [3.05, 3.63) is 72.9 Å². The summed E-state index contributed by atoms with van der Waals surface area (Å²) in [4.78, 5) is 58.4. The van der Waals surface area contributed by atoms with E-state index in [1.165, 1.54) is 180 Å². The number of ether oxygens (including phenoxy) is 3. The molecule has 5 atom stereocenters. The van der Waals surface area contributed by atoms with Gasteiger partial charge in [0.2, 0.25) is 0 Å². The highest BCUT2D eigenvalue weighted by molar-refractivity contribution is 7.47. The number of aliphatic hydroxyl groups excluding tert-OH is 2. The van der Waals surface area contributed by atoms with Gasteiger partial charge in [-0.05, 0) is 109 Å². The Kier molecular flexibility index (Phi) is 70.5. The normalized spacial score (nSPS) is 14.4. The number of allylic oxidation sites excluding steroid dienone is 12. The zero-order chi connectivity index (χ0) is 70.9. The standard InChI is InChI=1S/C79H144O16P2/c1-4-7-10-13-16-19-22-24-26-27-28-29-30-31-32-33-34-35-36-37-38-39-40-41-42-43-44-45-47-49-51-53-56-59-62-65-77(82)89-68-74(80)69-91-96(85,86)92-70-75(81)71-93-97(87,88)94-73-76(95-79(84)67-64-61-58-55-50-21-18-15-12-9-6-3)72-90-78(83)66-63-60-57-54-52-48-46-25-23-20-17-14-11-8-5-2/h15-16,18-19,24-26,28-29,31-32,46,74-76,80-81H,4-14,17,20-23,27,30,33-45,47-73H2,1-3H3,(H,85,86)(H,87,88)/b18-15-,19-16-,26-24-,29-28-,32-31-,46-25-. The summed E-state index contributed by atoms with van der Waals surface area (Å²) in [6.45, 7) is 2.62. The molecule has 0 rings (SSSR count). The molecule has 0 amide bonds. The van der Waals surface area contributed by atoms with E-state index in [2.05, 4.69) is 93.7 Å². The van der Waals surface area contributed by atoms with Gasteiger partial charge in [0.15, 0.2) is 6.10 Å². The molecule has 5 unspecified atom stereocenters. The smallest absolute Gasteiger partial charge is 0.463 e. The van der Waals surface area contributed by atoms with Crippen molar-refractivity contribution in [2.45, 2.75) is 373 Å². The summed E-state index contributed by atoms with van der Waals surface area (Å²) in [6, 6.07) is 0. The highest BCUT2D eigenvalue weighted by Gasteiger charge is 2.29. The number of phosphoric acid groups is 2. The quantitative estimate of drug-likeness (QED) is 0.0146. The van der Waals surface area contributed by atoms with Gasteiger partial charge in [-0.1, -0.05) is 299 Å². The minimum atomic E-state index is -4.92. The third-order valence-electron chi connectivity index (χ3n) is 16.9. The molecule has 0 aliphatic rings. The highest BCUT2D eigenvalue weighted by atomic mass is 31.2. The van der Waals surface area contributed by atoms with Gasteiger partial charge in [0.25, 0.3) is 0 Å². The van der Waals surface area contributed by atoms with Crippen LogP contribution >= 0.6 is 15.6 Å². The molecule has 0 saturated heterocycles. The fourth-order valence-corrected chi connectivity index (χ4v) is 12.4. The number of hydrogen-bond acceptors (Lipinski definition) is 14. The van der Waals surface area contributed by atoms with Crippen molar-refractivity contribution in [2.75, 3.05) is 39.6 Å². The molecule has 0 radical (unpaired) electrons. The Hall–Kier alpha value is -3.01. The molecule has 566 valence electrons. The van der Waals surface area contributed by atoms with E-state index < -0.39 is 91.5 Å². The molecule has 97 heavy (non-hydrogen) atoms. The summed E-state index contributed by atoms with van der Waals surface area (Å²) in [5.74, 6) is -1.58. The van der Waals surface area contributed by atoms with Gasteiger partial charge in [-0.15, -0.1) is 0 Å². The third-order valence-corrected chi connectivity index (χ3v) is 18.8. The Balaban J connectivity index is 4.26. The number of hydrogen-bond donors (Lipinski definition) is 4. The van der Waals surface area contributed by atoms with Crippen molar-refractivity contribution >= 4 is 33.6 Å². The van der Waals surface area contributed by atoms with Gasteiger partial charge in [-0.3, -0.25) is 32.5 Å². The first kappa shape index (κ1) is 94.0.